The summed E-state index contributed by atoms with van der Waals surface area (Å²) in [5.74, 6) is -0.296. The van der Waals surface area contributed by atoms with Gasteiger partial charge < -0.3 is 4.74 Å². The average molecular weight is 348 g/mol. The van der Waals surface area contributed by atoms with E-state index >= 15 is 0 Å². The minimum Gasteiger partial charge on any atom is -0.461 e. The molecule has 0 aliphatic rings. The molecule has 0 N–H and O–H groups in total. The van der Waals surface area contributed by atoms with Crippen LogP contribution in [-0.2, 0) is 11.3 Å². The Hall–Kier alpha value is -1.65. The fourth-order valence-corrected chi connectivity index (χ4v) is 2.42. The summed E-state index contributed by atoms with van der Waals surface area (Å²) >= 11 is 3.35. The van der Waals surface area contributed by atoms with Crippen LogP contribution in [0.4, 0.5) is 0 Å². The van der Waals surface area contributed by atoms with Gasteiger partial charge in [-0.15, -0.1) is 0 Å². The van der Waals surface area contributed by atoms with Crippen molar-refractivity contribution >= 4 is 21.9 Å². The third-order valence-corrected chi connectivity index (χ3v) is 3.79. The van der Waals surface area contributed by atoms with Crippen molar-refractivity contribution in [3.8, 4) is 0 Å². The van der Waals surface area contributed by atoms with Gasteiger partial charge in [-0.25, -0.2) is 4.79 Å². The lowest BCUT2D eigenvalue weighted by molar-refractivity contribution is 0.0469. The molecule has 2 aromatic carbocycles. The number of nitrogens with zero attached hydrogens (tertiary/aromatic N) is 1. The summed E-state index contributed by atoms with van der Waals surface area (Å²) in [6, 6.07) is 17.5. The Labute approximate surface area is 133 Å². The maximum atomic E-state index is 11.9. The van der Waals surface area contributed by atoms with Gasteiger partial charge in [0.05, 0.1) is 5.56 Å². The first-order valence-corrected chi connectivity index (χ1v) is 7.60. The molecule has 21 heavy (non-hydrogen) atoms. The number of benzene rings is 2. The Morgan fingerprint density at radius 2 is 1.76 bits per heavy atom. The normalized spacial score (nSPS) is 10.6. The maximum Gasteiger partial charge on any atom is 0.339 e. The molecular formula is C17H18BrNO2. The molecule has 110 valence electrons. The van der Waals surface area contributed by atoms with E-state index in [1.54, 1.807) is 6.07 Å². The van der Waals surface area contributed by atoms with E-state index in [1.165, 1.54) is 5.56 Å². The summed E-state index contributed by atoms with van der Waals surface area (Å²) in [4.78, 5) is 14.1. The van der Waals surface area contributed by atoms with Crippen molar-refractivity contribution in [2.75, 3.05) is 20.2 Å². The van der Waals surface area contributed by atoms with Crippen LogP contribution in [0.5, 0.6) is 0 Å². The quantitative estimate of drug-likeness (QED) is 0.745. The number of esters is 1. The van der Waals surface area contributed by atoms with E-state index in [9.17, 15) is 4.79 Å². The summed E-state index contributed by atoms with van der Waals surface area (Å²) in [5.41, 5.74) is 1.81. The second-order valence-corrected chi connectivity index (χ2v) is 5.69. The highest BCUT2D eigenvalue weighted by Crippen LogP contribution is 2.16. The van der Waals surface area contributed by atoms with Crippen molar-refractivity contribution in [1.82, 2.24) is 4.90 Å². The highest BCUT2D eigenvalue weighted by molar-refractivity contribution is 9.10. The molecule has 3 nitrogen and oxygen atoms in total. The molecule has 0 aliphatic heterocycles. The SMILES string of the molecule is CN(CCOC(=O)c1ccccc1Br)Cc1ccccc1. The van der Waals surface area contributed by atoms with Crippen molar-refractivity contribution in [2.24, 2.45) is 0 Å². The van der Waals surface area contributed by atoms with Crippen molar-refractivity contribution in [3.05, 3.63) is 70.2 Å². The van der Waals surface area contributed by atoms with Gasteiger partial charge >= 0.3 is 5.97 Å². The van der Waals surface area contributed by atoms with E-state index in [1.807, 2.05) is 43.4 Å². The first-order chi connectivity index (χ1) is 10.2. The van der Waals surface area contributed by atoms with Gasteiger partial charge in [0.25, 0.3) is 0 Å². The van der Waals surface area contributed by atoms with Gasteiger partial charge in [0.2, 0.25) is 0 Å². The van der Waals surface area contributed by atoms with E-state index < -0.39 is 0 Å². The van der Waals surface area contributed by atoms with Crippen LogP contribution in [0.15, 0.2) is 59.1 Å². The zero-order valence-electron chi connectivity index (χ0n) is 12.0. The third-order valence-electron chi connectivity index (χ3n) is 3.10. The van der Waals surface area contributed by atoms with Crippen LogP contribution in [-0.4, -0.2) is 31.1 Å². The van der Waals surface area contributed by atoms with Gasteiger partial charge in [-0.2, -0.15) is 0 Å². The first kappa shape index (κ1) is 15.7. The molecule has 0 saturated heterocycles. The molecule has 2 aromatic rings. The maximum absolute atomic E-state index is 11.9. The predicted octanol–water partition coefficient (Wildman–Crippen LogP) is 3.74. The largest absolute Gasteiger partial charge is 0.461 e. The Bertz CT molecular complexity index is 586. The second-order valence-electron chi connectivity index (χ2n) is 4.84. The van der Waals surface area contributed by atoms with Crippen LogP contribution < -0.4 is 0 Å². The van der Waals surface area contributed by atoms with Gasteiger partial charge in [0, 0.05) is 17.6 Å². The van der Waals surface area contributed by atoms with Crippen molar-refractivity contribution in [3.63, 3.8) is 0 Å². The number of ether oxygens (including phenoxy) is 1. The minimum absolute atomic E-state index is 0.296. The fraction of sp³-hybridized carbons (Fsp3) is 0.235. The van der Waals surface area contributed by atoms with Gasteiger partial charge in [0.1, 0.15) is 6.61 Å². The summed E-state index contributed by atoms with van der Waals surface area (Å²) < 4.78 is 6.06. The van der Waals surface area contributed by atoms with E-state index in [-0.39, 0.29) is 5.97 Å². The molecule has 0 heterocycles. The molecular weight excluding hydrogens is 330 g/mol. The lowest BCUT2D eigenvalue weighted by Crippen LogP contribution is -2.24. The average Bonchev–Trinajstić information content (AvgIpc) is 2.48. The topological polar surface area (TPSA) is 29.5 Å². The molecule has 0 atom stereocenters. The number of likely N-dealkylation sites (N-methyl/N-ethyl adjacent to an activating group) is 1. The first-order valence-electron chi connectivity index (χ1n) is 6.81. The number of hydrogen-bond donors (Lipinski definition) is 0. The highest BCUT2D eigenvalue weighted by Gasteiger charge is 2.10. The van der Waals surface area contributed by atoms with Crippen LogP contribution in [0, 0.1) is 0 Å². The van der Waals surface area contributed by atoms with Crippen LogP contribution >= 0.6 is 15.9 Å². The Kier molecular flexibility index (Phi) is 5.96. The third kappa shape index (κ3) is 4.99. The minimum atomic E-state index is -0.296. The molecule has 0 amide bonds. The van der Waals surface area contributed by atoms with E-state index in [4.69, 9.17) is 4.74 Å². The molecule has 0 saturated carbocycles. The van der Waals surface area contributed by atoms with Gasteiger partial charge in [-0.05, 0) is 40.7 Å². The van der Waals surface area contributed by atoms with E-state index in [2.05, 4.69) is 33.0 Å². The standard InChI is InChI=1S/C17H18BrNO2/c1-19(13-14-7-3-2-4-8-14)11-12-21-17(20)15-9-5-6-10-16(15)18/h2-10H,11-13H2,1H3. The number of hydrogen-bond acceptors (Lipinski definition) is 3. The van der Waals surface area contributed by atoms with Crippen LogP contribution in [0.1, 0.15) is 15.9 Å². The molecule has 0 bridgehead atoms. The molecule has 2 rings (SSSR count). The predicted molar refractivity (Wildman–Crippen MR) is 87.2 cm³/mol. The number of carbonyl (C=O) groups excluding carboxylic acids is 1. The molecule has 0 unspecified atom stereocenters. The van der Waals surface area contributed by atoms with E-state index in [0.29, 0.717) is 18.7 Å². The highest BCUT2D eigenvalue weighted by atomic mass is 79.9. The van der Waals surface area contributed by atoms with Crippen LogP contribution in [0.3, 0.4) is 0 Å². The molecule has 0 spiro atoms. The van der Waals surface area contributed by atoms with Crippen molar-refractivity contribution < 1.29 is 9.53 Å². The Morgan fingerprint density at radius 3 is 2.48 bits per heavy atom. The number of rotatable bonds is 6. The van der Waals surface area contributed by atoms with Crippen LogP contribution in [0.2, 0.25) is 0 Å². The molecule has 0 fully saturated rings. The van der Waals surface area contributed by atoms with Crippen LogP contribution in [0.25, 0.3) is 0 Å². The van der Waals surface area contributed by atoms with Gasteiger partial charge in [-0.3, -0.25) is 4.90 Å². The molecule has 0 aliphatic carbocycles. The van der Waals surface area contributed by atoms with Gasteiger partial charge in [-0.1, -0.05) is 42.5 Å². The molecule has 0 aromatic heterocycles. The number of halogens is 1. The van der Waals surface area contributed by atoms with E-state index in [0.717, 1.165) is 11.0 Å². The Balaban J connectivity index is 1.76. The zero-order valence-corrected chi connectivity index (χ0v) is 13.5. The Morgan fingerprint density at radius 1 is 1.10 bits per heavy atom. The lowest BCUT2D eigenvalue weighted by Gasteiger charge is -2.16. The summed E-state index contributed by atoms with van der Waals surface area (Å²) in [7, 11) is 2.01. The lowest BCUT2D eigenvalue weighted by atomic mass is 10.2. The zero-order chi connectivity index (χ0) is 15.1. The molecule has 0 radical (unpaired) electrons. The van der Waals surface area contributed by atoms with Crippen molar-refractivity contribution in [1.29, 1.82) is 0 Å². The fourth-order valence-electron chi connectivity index (χ4n) is 1.97. The second kappa shape index (κ2) is 7.96. The van der Waals surface area contributed by atoms with Gasteiger partial charge in [0.15, 0.2) is 0 Å². The summed E-state index contributed by atoms with van der Waals surface area (Å²) in [6.45, 7) is 1.92. The summed E-state index contributed by atoms with van der Waals surface area (Å²) in [5, 5.41) is 0. The monoisotopic (exact) mass is 347 g/mol. The van der Waals surface area contributed by atoms with Crippen molar-refractivity contribution in [2.45, 2.75) is 6.54 Å². The molecule has 4 heteroatoms. The smallest absolute Gasteiger partial charge is 0.339 e. The summed E-state index contributed by atoms with van der Waals surface area (Å²) in [6.07, 6.45) is 0. The number of carbonyl (C=O) groups is 1.